The van der Waals surface area contributed by atoms with Gasteiger partial charge in [0.25, 0.3) is 0 Å². The first-order valence-electron chi connectivity index (χ1n) is 6.56. The lowest BCUT2D eigenvalue weighted by Gasteiger charge is -2.43. The number of rotatable bonds is 3. The largest absolute Gasteiger partial charge is 0.468 e. The molecule has 0 aromatic heterocycles. The van der Waals surface area contributed by atoms with Gasteiger partial charge in [0.1, 0.15) is 5.41 Å². The molecule has 0 saturated heterocycles. The fourth-order valence-corrected chi connectivity index (χ4v) is 3.06. The van der Waals surface area contributed by atoms with Gasteiger partial charge in [-0.25, -0.2) is 9.59 Å². The second kappa shape index (κ2) is 5.40. The molecule has 22 heavy (non-hydrogen) atoms. The van der Waals surface area contributed by atoms with E-state index in [1.165, 1.54) is 13.0 Å². The lowest BCUT2D eigenvalue weighted by molar-refractivity contribution is -0.162. The SMILES string of the molecule is COC(=O)C1=C(C(=O)OC)[C@H]2C=C[C@@H]1C(=O)[C@]2(C)C(=O)OC. The lowest BCUT2D eigenvalue weighted by Crippen LogP contribution is -2.54. The third-order valence-electron chi connectivity index (χ3n) is 4.24. The second-order valence-electron chi connectivity index (χ2n) is 5.21. The number of ether oxygens (including phenoxy) is 3. The summed E-state index contributed by atoms with van der Waals surface area (Å²) in [6.45, 7) is 1.40. The molecule has 0 unspecified atom stereocenters. The Morgan fingerprint density at radius 2 is 1.50 bits per heavy atom. The molecule has 7 heteroatoms. The smallest absolute Gasteiger partial charge is 0.335 e. The Balaban J connectivity index is 2.71. The molecule has 0 N–H and O–H groups in total. The minimum Gasteiger partial charge on any atom is -0.468 e. The van der Waals surface area contributed by atoms with Crippen molar-refractivity contribution in [1.82, 2.24) is 0 Å². The predicted molar refractivity (Wildman–Crippen MR) is 72.3 cm³/mol. The molecule has 0 spiro atoms. The van der Waals surface area contributed by atoms with Gasteiger partial charge in [-0.05, 0) is 6.92 Å². The predicted octanol–water partition coefficient (Wildman–Crippen LogP) is 0.193. The maximum Gasteiger partial charge on any atom is 0.335 e. The van der Waals surface area contributed by atoms with Crippen LogP contribution < -0.4 is 0 Å². The number of ketones is 1. The Morgan fingerprint density at radius 3 is 2.00 bits per heavy atom. The molecule has 3 rings (SSSR count). The van der Waals surface area contributed by atoms with Crippen molar-refractivity contribution in [2.75, 3.05) is 21.3 Å². The third kappa shape index (κ3) is 1.88. The molecule has 0 aromatic rings. The monoisotopic (exact) mass is 308 g/mol. The number of carbonyl (C=O) groups is 4. The van der Waals surface area contributed by atoms with Gasteiger partial charge in [-0.15, -0.1) is 0 Å². The van der Waals surface area contributed by atoms with Crippen LogP contribution in [0.2, 0.25) is 0 Å². The summed E-state index contributed by atoms with van der Waals surface area (Å²) in [5, 5.41) is 0. The zero-order valence-electron chi connectivity index (χ0n) is 12.7. The summed E-state index contributed by atoms with van der Waals surface area (Å²) in [4.78, 5) is 48.9. The van der Waals surface area contributed by atoms with E-state index in [4.69, 9.17) is 9.47 Å². The van der Waals surface area contributed by atoms with Crippen molar-refractivity contribution >= 4 is 23.7 Å². The van der Waals surface area contributed by atoms with Crippen LogP contribution in [0.15, 0.2) is 23.3 Å². The molecule has 118 valence electrons. The highest BCUT2D eigenvalue weighted by atomic mass is 16.5. The highest BCUT2D eigenvalue weighted by Crippen LogP contribution is 2.50. The fraction of sp³-hybridized carbons (Fsp3) is 0.467. The summed E-state index contributed by atoms with van der Waals surface area (Å²) in [6, 6.07) is 0. The number of esters is 3. The summed E-state index contributed by atoms with van der Waals surface area (Å²) < 4.78 is 14.1. The van der Waals surface area contributed by atoms with Gasteiger partial charge in [0.15, 0.2) is 5.78 Å². The van der Waals surface area contributed by atoms with E-state index in [9.17, 15) is 19.2 Å². The topological polar surface area (TPSA) is 96.0 Å². The Bertz CT molecular complexity index is 628. The molecule has 0 fully saturated rings. The first kappa shape index (κ1) is 15.9. The molecule has 3 atom stereocenters. The van der Waals surface area contributed by atoms with Crippen LogP contribution in [0.25, 0.3) is 0 Å². The summed E-state index contributed by atoms with van der Waals surface area (Å²) in [7, 11) is 3.48. The van der Waals surface area contributed by atoms with E-state index in [1.807, 2.05) is 0 Å². The minimum absolute atomic E-state index is 0.0330. The number of Topliss-reactive ketones (excluding diaryl/α,β-unsaturated/α-hetero) is 1. The molecule has 0 saturated carbocycles. The van der Waals surface area contributed by atoms with Crippen LogP contribution in [0, 0.1) is 17.3 Å². The van der Waals surface area contributed by atoms with E-state index in [2.05, 4.69) is 4.74 Å². The molecular formula is C15H16O7. The summed E-state index contributed by atoms with van der Waals surface area (Å²) in [6.07, 6.45) is 3.05. The van der Waals surface area contributed by atoms with Gasteiger partial charge >= 0.3 is 17.9 Å². The first-order chi connectivity index (χ1) is 10.3. The minimum atomic E-state index is -1.57. The molecule has 0 amide bonds. The number of hydrogen-bond acceptors (Lipinski definition) is 7. The Kier molecular flexibility index (Phi) is 3.91. The van der Waals surface area contributed by atoms with Gasteiger partial charge in [-0.3, -0.25) is 9.59 Å². The number of allylic oxidation sites excluding steroid dienone is 2. The van der Waals surface area contributed by atoms with Crippen LogP contribution in [-0.2, 0) is 33.4 Å². The van der Waals surface area contributed by atoms with E-state index in [1.54, 1.807) is 6.08 Å². The fourth-order valence-electron chi connectivity index (χ4n) is 3.06. The van der Waals surface area contributed by atoms with Gasteiger partial charge in [-0.2, -0.15) is 0 Å². The van der Waals surface area contributed by atoms with Crippen molar-refractivity contribution in [3.8, 4) is 0 Å². The summed E-state index contributed by atoms with van der Waals surface area (Å²) in [5.41, 5.74) is -1.68. The van der Waals surface area contributed by atoms with E-state index in [0.717, 1.165) is 21.3 Å². The first-order valence-corrected chi connectivity index (χ1v) is 6.56. The molecule has 0 aromatic carbocycles. The molecule has 0 heterocycles. The van der Waals surface area contributed by atoms with Gasteiger partial charge in [-0.1, -0.05) is 12.2 Å². The Hall–Kier alpha value is -2.44. The molecule has 0 aliphatic heterocycles. The molecule has 0 radical (unpaired) electrons. The average molecular weight is 308 g/mol. The zero-order chi connectivity index (χ0) is 16.7. The highest BCUT2D eigenvalue weighted by molar-refractivity contribution is 6.17. The zero-order valence-corrected chi connectivity index (χ0v) is 12.7. The summed E-state index contributed by atoms with van der Waals surface area (Å²) in [5.74, 6) is -4.79. The van der Waals surface area contributed by atoms with Gasteiger partial charge < -0.3 is 14.2 Å². The van der Waals surface area contributed by atoms with E-state index >= 15 is 0 Å². The molecule has 3 aliphatic rings. The molecule has 3 aliphatic carbocycles. The Morgan fingerprint density at radius 1 is 0.955 bits per heavy atom. The van der Waals surface area contributed by atoms with Crippen molar-refractivity contribution in [3.63, 3.8) is 0 Å². The van der Waals surface area contributed by atoms with Crippen LogP contribution in [0.1, 0.15) is 6.92 Å². The van der Waals surface area contributed by atoms with E-state index < -0.39 is 40.9 Å². The van der Waals surface area contributed by atoms with E-state index in [0.29, 0.717) is 0 Å². The van der Waals surface area contributed by atoms with E-state index in [-0.39, 0.29) is 11.1 Å². The number of fused-ring (bicyclic) bond motifs is 1. The third-order valence-corrected chi connectivity index (χ3v) is 4.24. The van der Waals surface area contributed by atoms with Gasteiger partial charge in [0.05, 0.1) is 38.4 Å². The maximum absolute atomic E-state index is 12.7. The molecular weight excluding hydrogens is 292 g/mol. The standard InChI is InChI=1S/C15H16O7/c1-15(14(19)22-4)8-6-5-7(11(15)16)9(12(17)20-2)10(8)13(18)21-3/h5-8H,1-4H3/t7-,8+,15+/m0/s1. The molecule has 2 bridgehead atoms. The lowest BCUT2D eigenvalue weighted by atomic mass is 9.57. The number of carbonyl (C=O) groups excluding carboxylic acids is 4. The quantitative estimate of drug-likeness (QED) is 0.318. The average Bonchev–Trinajstić information content (AvgIpc) is 2.55. The van der Waals surface area contributed by atoms with Crippen LogP contribution in [0.5, 0.6) is 0 Å². The van der Waals surface area contributed by atoms with Crippen molar-refractivity contribution in [3.05, 3.63) is 23.3 Å². The normalized spacial score (nSPS) is 29.4. The maximum atomic E-state index is 12.7. The van der Waals surface area contributed by atoms with Crippen LogP contribution in [0.3, 0.4) is 0 Å². The summed E-state index contributed by atoms with van der Waals surface area (Å²) >= 11 is 0. The van der Waals surface area contributed by atoms with Crippen LogP contribution in [0.4, 0.5) is 0 Å². The van der Waals surface area contributed by atoms with Gasteiger partial charge in [0.2, 0.25) is 0 Å². The Labute approximate surface area is 126 Å². The van der Waals surface area contributed by atoms with Crippen molar-refractivity contribution in [2.24, 2.45) is 17.3 Å². The second-order valence-corrected chi connectivity index (χ2v) is 5.21. The number of hydrogen-bond donors (Lipinski definition) is 0. The van der Waals surface area contributed by atoms with Crippen LogP contribution >= 0.6 is 0 Å². The van der Waals surface area contributed by atoms with Crippen molar-refractivity contribution in [1.29, 1.82) is 0 Å². The number of methoxy groups -OCH3 is 3. The van der Waals surface area contributed by atoms with Crippen molar-refractivity contribution in [2.45, 2.75) is 6.92 Å². The van der Waals surface area contributed by atoms with Crippen LogP contribution in [-0.4, -0.2) is 45.0 Å². The van der Waals surface area contributed by atoms with Crippen molar-refractivity contribution < 1.29 is 33.4 Å². The highest BCUT2D eigenvalue weighted by Gasteiger charge is 2.60. The van der Waals surface area contributed by atoms with Gasteiger partial charge in [0, 0.05) is 5.92 Å². The molecule has 7 nitrogen and oxygen atoms in total.